The molecule has 1 saturated heterocycles. The van der Waals surface area contributed by atoms with E-state index >= 15 is 0 Å². The van der Waals surface area contributed by atoms with Crippen LogP contribution < -0.4 is 26.0 Å². The van der Waals surface area contributed by atoms with Crippen molar-refractivity contribution in [2.75, 3.05) is 32.1 Å². The van der Waals surface area contributed by atoms with Crippen LogP contribution in [0.25, 0.3) is 5.57 Å². The summed E-state index contributed by atoms with van der Waals surface area (Å²) in [4.78, 5) is 13.0. The van der Waals surface area contributed by atoms with Crippen molar-refractivity contribution in [2.45, 2.75) is 58.0 Å². The van der Waals surface area contributed by atoms with E-state index in [0.717, 1.165) is 56.8 Å². The van der Waals surface area contributed by atoms with E-state index in [1.165, 1.54) is 21.5 Å². The number of benzene rings is 1. The summed E-state index contributed by atoms with van der Waals surface area (Å²) in [5, 5.41) is 13.6. The third kappa shape index (κ3) is 4.32. The van der Waals surface area contributed by atoms with E-state index in [2.05, 4.69) is 53.3 Å². The van der Waals surface area contributed by atoms with Gasteiger partial charge in [0.25, 0.3) is 0 Å². The Kier molecular flexibility index (Phi) is 6.18. The van der Waals surface area contributed by atoms with Crippen LogP contribution in [0, 0.1) is 10.8 Å². The molecule has 4 N–H and O–H groups in total. The molecule has 3 unspecified atom stereocenters. The lowest BCUT2D eigenvalue weighted by molar-refractivity contribution is -0.638. The number of hydrogen-bond donors (Lipinski definition) is 4. The summed E-state index contributed by atoms with van der Waals surface area (Å²) in [6.07, 6.45) is 5.79. The van der Waals surface area contributed by atoms with Crippen molar-refractivity contribution in [2.24, 2.45) is 5.92 Å². The number of nitrogens with zero attached hydrogens (tertiary/aromatic N) is 1. The van der Waals surface area contributed by atoms with Crippen LogP contribution in [0.1, 0.15) is 44.2 Å². The predicted molar refractivity (Wildman–Crippen MR) is 116 cm³/mol. The average Bonchev–Trinajstić information content (AvgIpc) is 3.01. The molecule has 1 aromatic carbocycles. The monoisotopic (exact) mass is 400 g/mol. The van der Waals surface area contributed by atoms with Gasteiger partial charge in [-0.1, -0.05) is 19.9 Å². The molecule has 0 bridgehead atoms. The van der Waals surface area contributed by atoms with Crippen LogP contribution in [-0.4, -0.2) is 50.0 Å². The molecule has 0 radical (unpaired) electrons. The van der Waals surface area contributed by atoms with Gasteiger partial charge in [0.05, 0.1) is 12.8 Å². The Morgan fingerprint density at radius 1 is 1.28 bits per heavy atom. The molecule has 3 atom stereocenters. The molecule has 1 fully saturated rings. The van der Waals surface area contributed by atoms with Gasteiger partial charge in [-0.15, -0.1) is 0 Å². The van der Waals surface area contributed by atoms with Gasteiger partial charge in [0, 0.05) is 51.8 Å². The molecule has 3 heterocycles. The molecular formula is C22H34N5O2+. The summed E-state index contributed by atoms with van der Waals surface area (Å²) in [5.74, 6) is 1.31. The van der Waals surface area contributed by atoms with E-state index in [9.17, 15) is 4.91 Å². The summed E-state index contributed by atoms with van der Waals surface area (Å²) in [5.41, 5.74) is 4.70. The van der Waals surface area contributed by atoms with Crippen molar-refractivity contribution in [3.63, 3.8) is 0 Å². The zero-order chi connectivity index (χ0) is 20.4. The molecule has 3 aliphatic rings. The van der Waals surface area contributed by atoms with Crippen LogP contribution in [0.5, 0.6) is 5.75 Å². The molecule has 0 aromatic heterocycles. The Hall–Kier alpha value is -1.96. The number of nitrogens with one attached hydrogen (secondary N) is 4. The highest BCUT2D eigenvalue weighted by Crippen LogP contribution is 2.39. The third-order valence-corrected chi connectivity index (χ3v) is 6.26. The fourth-order valence-corrected chi connectivity index (χ4v) is 4.58. The Bertz CT molecular complexity index is 792. The summed E-state index contributed by atoms with van der Waals surface area (Å²) < 4.78 is 7.18. The first-order chi connectivity index (χ1) is 14.1. The Balaban J connectivity index is 1.62. The van der Waals surface area contributed by atoms with Gasteiger partial charge in [-0.05, 0) is 44.1 Å². The van der Waals surface area contributed by atoms with Crippen molar-refractivity contribution in [3.8, 4) is 5.75 Å². The Labute approximate surface area is 173 Å². The van der Waals surface area contributed by atoms with Gasteiger partial charge < -0.3 is 20.7 Å². The summed E-state index contributed by atoms with van der Waals surface area (Å²) in [7, 11) is 1.93. The number of ether oxygens (including phenoxy) is 1. The van der Waals surface area contributed by atoms with Gasteiger partial charge >= 0.3 is 6.29 Å². The second kappa shape index (κ2) is 8.81. The normalized spacial score (nSPS) is 27.2. The molecule has 29 heavy (non-hydrogen) atoms. The standard InChI is InChI=1S/C22H34N5O2/c1-14(2)19-13-20(23-3)26-22(27(19)28)25-17-11-16-7-10-29-21(16)18(12-17)15-5-4-8-24-9-6-15/h6,11-12,14,19-20,22-26H,4-5,7-10,13H2,1-3H3/q+1. The fourth-order valence-electron chi connectivity index (χ4n) is 4.58. The van der Waals surface area contributed by atoms with E-state index < -0.39 is 6.29 Å². The number of allylic oxidation sites excluding steroid dienone is 1. The van der Waals surface area contributed by atoms with Gasteiger partial charge in [-0.2, -0.15) is 0 Å². The van der Waals surface area contributed by atoms with E-state index in [1.54, 1.807) is 0 Å². The third-order valence-electron chi connectivity index (χ3n) is 6.26. The lowest BCUT2D eigenvalue weighted by atomic mass is 9.96. The summed E-state index contributed by atoms with van der Waals surface area (Å²) >= 11 is 0. The van der Waals surface area contributed by atoms with Gasteiger partial charge in [-0.3, -0.25) is 0 Å². The maximum atomic E-state index is 13.0. The highest BCUT2D eigenvalue weighted by Gasteiger charge is 2.43. The second-order valence-corrected chi connectivity index (χ2v) is 8.61. The molecule has 0 saturated carbocycles. The SMILES string of the molecule is CNC1CC(C(C)C)[N+](=O)C(Nc2cc3c(c(C4=CCNCCC4)c2)OCC3)N1. The molecule has 7 heteroatoms. The lowest BCUT2D eigenvalue weighted by Crippen LogP contribution is -2.62. The minimum atomic E-state index is -0.466. The molecule has 1 aromatic rings. The van der Waals surface area contributed by atoms with E-state index in [-0.39, 0.29) is 12.2 Å². The Morgan fingerprint density at radius 3 is 2.93 bits per heavy atom. The van der Waals surface area contributed by atoms with Crippen molar-refractivity contribution in [1.82, 2.24) is 16.0 Å². The largest absolute Gasteiger partial charge is 0.492 e. The molecule has 0 aliphatic carbocycles. The van der Waals surface area contributed by atoms with Gasteiger partial charge in [0.1, 0.15) is 5.75 Å². The summed E-state index contributed by atoms with van der Waals surface area (Å²) in [6, 6.07) is 4.27. The van der Waals surface area contributed by atoms with Crippen molar-refractivity contribution < 1.29 is 9.50 Å². The van der Waals surface area contributed by atoms with E-state index in [0.29, 0.717) is 5.92 Å². The number of rotatable bonds is 5. The predicted octanol–water partition coefficient (Wildman–Crippen LogP) is 2.43. The zero-order valence-electron chi connectivity index (χ0n) is 17.8. The maximum Gasteiger partial charge on any atom is 0.334 e. The molecule has 7 nitrogen and oxygen atoms in total. The van der Waals surface area contributed by atoms with Crippen LogP contribution in [0.15, 0.2) is 18.2 Å². The van der Waals surface area contributed by atoms with Crippen molar-refractivity contribution in [3.05, 3.63) is 34.2 Å². The second-order valence-electron chi connectivity index (χ2n) is 8.61. The minimum Gasteiger partial charge on any atom is -0.492 e. The van der Waals surface area contributed by atoms with E-state index in [1.807, 2.05) is 7.05 Å². The topological polar surface area (TPSA) is 77.4 Å². The average molecular weight is 401 g/mol. The highest BCUT2D eigenvalue weighted by molar-refractivity contribution is 5.76. The van der Waals surface area contributed by atoms with Crippen LogP contribution in [0.2, 0.25) is 0 Å². The molecule has 3 aliphatic heterocycles. The number of nitroso groups, excluding NO2 is 1. The lowest BCUT2D eigenvalue weighted by Gasteiger charge is -2.31. The maximum absolute atomic E-state index is 13.0. The van der Waals surface area contributed by atoms with Crippen LogP contribution in [0.3, 0.4) is 0 Å². The van der Waals surface area contributed by atoms with Gasteiger partial charge in [0.15, 0.2) is 0 Å². The summed E-state index contributed by atoms with van der Waals surface area (Å²) in [6.45, 7) is 6.88. The van der Waals surface area contributed by atoms with E-state index in [4.69, 9.17) is 4.74 Å². The first-order valence-corrected chi connectivity index (χ1v) is 10.9. The Morgan fingerprint density at radius 2 is 2.14 bits per heavy atom. The number of anilines is 1. The first kappa shape index (κ1) is 20.3. The number of fused-ring (bicyclic) bond motifs is 1. The van der Waals surface area contributed by atoms with Crippen LogP contribution >= 0.6 is 0 Å². The molecule has 4 rings (SSSR count). The molecular weight excluding hydrogens is 366 g/mol. The zero-order valence-corrected chi connectivity index (χ0v) is 17.8. The molecule has 158 valence electrons. The van der Waals surface area contributed by atoms with Crippen molar-refractivity contribution >= 4 is 11.3 Å². The fraction of sp³-hybridized carbons (Fsp3) is 0.636. The number of hydrogen-bond acceptors (Lipinski definition) is 6. The molecule has 0 spiro atoms. The van der Waals surface area contributed by atoms with Gasteiger partial charge in [-0.25, -0.2) is 5.32 Å². The highest BCUT2D eigenvalue weighted by atomic mass is 16.5. The van der Waals surface area contributed by atoms with Gasteiger partial charge in [0.2, 0.25) is 6.04 Å². The molecule has 0 amide bonds. The van der Waals surface area contributed by atoms with Crippen molar-refractivity contribution in [1.29, 1.82) is 0 Å². The quantitative estimate of drug-likeness (QED) is 0.569. The first-order valence-electron chi connectivity index (χ1n) is 10.9. The van der Waals surface area contributed by atoms with Crippen LogP contribution in [-0.2, 0) is 6.42 Å². The smallest absolute Gasteiger partial charge is 0.334 e. The van der Waals surface area contributed by atoms with Crippen LogP contribution in [0.4, 0.5) is 5.69 Å². The minimum absolute atomic E-state index is 0.0286.